The van der Waals surface area contributed by atoms with Crippen LogP contribution in [0.5, 0.6) is 0 Å². The summed E-state index contributed by atoms with van der Waals surface area (Å²) in [5.74, 6) is 0.611. The molecule has 0 aromatic carbocycles. The van der Waals surface area contributed by atoms with Gasteiger partial charge in [0.25, 0.3) is 0 Å². The highest BCUT2D eigenvalue weighted by atomic mass is 16.6. The number of anilines is 1. The van der Waals surface area contributed by atoms with E-state index < -0.39 is 5.60 Å². The number of pyridine rings is 1. The Morgan fingerprint density at radius 1 is 1.33 bits per heavy atom. The lowest BCUT2D eigenvalue weighted by Gasteiger charge is -2.38. The molecule has 1 saturated heterocycles. The van der Waals surface area contributed by atoms with Gasteiger partial charge in [0.2, 0.25) is 0 Å². The van der Waals surface area contributed by atoms with Crippen molar-refractivity contribution in [2.24, 2.45) is 0 Å². The van der Waals surface area contributed by atoms with E-state index in [0.29, 0.717) is 17.9 Å². The van der Waals surface area contributed by atoms with Crippen LogP contribution in [0.4, 0.5) is 10.6 Å². The largest absolute Gasteiger partial charge is 0.443 e. The van der Waals surface area contributed by atoms with E-state index in [1.54, 1.807) is 7.05 Å². The molecule has 0 unspecified atom stereocenters. The third-order valence-corrected chi connectivity index (χ3v) is 4.37. The van der Waals surface area contributed by atoms with Crippen molar-refractivity contribution in [1.82, 2.24) is 9.88 Å². The minimum atomic E-state index is -0.509. The first-order valence-corrected chi connectivity index (χ1v) is 8.87. The lowest BCUT2D eigenvalue weighted by atomic mass is 9.95. The summed E-state index contributed by atoms with van der Waals surface area (Å²) in [7, 11) is 1.69. The molecule has 0 radical (unpaired) electrons. The van der Waals surface area contributed by atoms with Crippen LogP contribution in [0, 0.1) is 0 Å². The molecule has 0 saturated carbocycles. The van der Waals surface area contributed by atoms with E-state index in [4.69, 9.17) is 4.74 Å². The molecule has 0 spiro atoms. The van der Waals surface area contributed by atoms with E-state index in [9.17, 15) is 4.79 Å². The maximum absolute atomic E-state index is 12.1. The van der Waals surface area contributed by atoms with Gasteiger partial charge >= 0.3 is 6.09 Å². The van der Waals surface area contributed by atoms with E-state index >= 15 is 0 Å². The monoisotopic (exact) mass is 333 g/mol. The first-order valence-electron chi connectivity index (χ1n) is 8.87. The Hall–Kier alpha value is -1.62. The summed E-state index contributed by atoms with van der Waals surface area (Å²) in [5.41, 5.74) is 0.718. The molecule has 1 aliphatic heterocycles. The summed E-state index contributed by atoms with van der Waals surface area (Å²) in [4.78, 5) is 20.6. The maximum atomic E-state index is 12.1. The summed E-state index contributed by atoms with van der Waals surface area (Å²) < 4.78 is 5.39. The van der Waals surface area contributed by atoms with Gasteiger partial charge in [-0.2, -0.15) is 0 Å². The fourth-order valence-corrected chi connectivity index (χ4v) is 3.15. The average Bonchev–Trinajstić information content (AvgIpc) is 2.52. The van der Waals surface area contributed by atoms with Crippen molar-refractivity contribution in [1.29, 1.82) is 0 Å². The minimum absolute atomic E-state index is 0.385. The number of piperidine rings is 1. The van der Waals surface area contributed by atoms with Crippen molar-refractivity contribution in [2.45, 2.75) is 71.6 Å². The number of hydrogen-bond donors (Lipinski definition) is 0. The summed E-state index contributed by atoms with van der Waals surface area (Å²) in [5, 5.41) is 0. The van der Waals surface area contributed by atoms with E-state index in [-0.39, 0.29) is 6.09 Å². The zero-order valence-electron chi connectivity index (χ0n) is 15.9. The third-order valence-electron chi connectivity index (χ3n) is 4.37. The van der Waals surface area contributed by atoms with Gasteiger partial charge in [0, 0.05) is 25.3 Å². The molecule has 1 amide bonds. The first kappa shape index (κ1) is 18.7. The highest BCUT2D eigenvalue weighted by molar-refractivity contribution is 5.85. The highest BCUT2D eigenvalue weighted by Crippen LogP contribution is 2.32. The fraction of sp³-hybridized carbons (Fsp3) is 0.684. The quantitative estimate of drug-likeness (QED) is 0.823. The predicted octanol–water partition coefficient (Wildman–Crippen LogP) is 4.39. The molecule has 0 N–H and O–H groups in total. The van der Waals surface area contributed by atoms with Crippen LogP contribution < -0.4 is 4.90 Å². The SMILES string of the molecule is CC(C)N1CCCC[C@H]1c1ccc(N(C)C(=O)OC(C)(C)C)nc1. The van der Waals surface area contributed by atoms with Crippen molar-refractivity contribution >= 4 is 11.9 Å². The molecule has 0 bridgehead atoms. The van der Waals surface area contributed by atoms with Gasteiger partial charge in [0.05, 0.1) is 0 Å². The number of nitrogens with zero attached hydrogens (tertiary/aromatic N) is 3. The van der Waals surface area contributed by atoms with Gasteiger partial charge in [-0.3, -0.25) is 9.80 Å². The van der Waals surface area contributed by atoms with Crippen molar-refractivity contribution in [3.05, 3.63) is 23.9 Å². The Kier molecular flexibility index (Phi) is 5.86. The fourth-order valence-electron chi connectivity index (χ4n) is 3.15. The third kappa shape index (κ3) is 4.69. The van der Waals surface area contributed by atoms with Gasteiger partial charge in [-0.05, 0) is 65.6 Å². The molecule has 2 rings (SSSR count). The van der Waals surface area contributed by atoms with Gasteiger partial charge < -0.3 is 4.74 Å². The number of likely N-dealkylation sites (tertiary alicyclic amines) is 1. The van der Waals surface area contributed by atoms with Gasteiger partial charge in [-0.15, -0.1) is 0 Å². The average molecular weight is 333 g/mol. The van der Waals surface area contributed by atoms with Crippen LogP contribution in [-0.2, 0) is 4.74 Å². The van der Waals surface area contributed by atoms with Crippen molar-refractivity contribution in [3.8, 4) is 0 Å². The molecule has 24 heavy (non-hydrogen) atoms. The standard InChI is InChI=1S/C19H31N3O2/c1-14(2)22-12-8-7-9-16(22)15-10-11-17(20-13-15)21(6)18(23)24-19(3,4)5/h10-11,13-14,16H,7-9,12H2,1-6H3/t16-/m0/s1. The van der Waals surface area contributed by atoms with Crippen molar-refractivity contribution < 1.29 is 9.53 Å². The molecule has 134 valence electrons. The molecule has 5 heteroatoms. The number of ether oxygens (including phenoxy) is 1. The number of rotatable bonds is 3. The second-order valence-corrected chi connectivity index (χ2v) is 7.83. The molecular formula is C19H31N3O2. The van der Waals surface area contributed by atoms with Crippen LogP contribution in [0.3, 0.4) is 0 Å². The second kappa shape index (κ2) is 7.51. The molecule has 1 aromatic heterocycles. The zero-order chi connectivity index (χ0) is 17.9. The van der Waals surface area contributed by atoms with Gasteiger partial charge in [-0.1, -0.05) is 12.5 Å². The summed E-state index contributed by atoms with van der Waals surface area (Å²) in [6.07, 6.45) is 5.21. The lowest BCUT2D eigenvalue weighted by Crippen LogP contribution is -2.38. The summed E-state index contributed by atoms with van der Waals surface area (Å²) >= 11 is 0. The molecule has 1 aromatic rings. The van der Waals surface area contributed by atoms with Crippen LogP contribution in [0.1, 0.15) is 65.5 Å². The number of carbonyl (C=O) groups excluding carboxylic acids is 1. The Balaban J connectivity index is 2.11. The number of amides is 1. The molecule has 1 atom stereocenters. The molecule has 1 fully saturated rings. The lowest BCUT2D eigenvalue weighted by molar-refractivity contribution is 0.0588. The molecular weight excluding hydrogens is 302 g/mol. The Morgan fingerprint density at radius 2 is 2.04 bits per heavy atom. The van der Waals surface area contributed by atoms with E-state index in [0.717, 1.165) is 6.54 Å². The van der Waals surface area contributed by atoms with Crippen LogP contribution in [-0.4, -0.2) is 41.2 Å². The number of hydrogen-bond acceptors (Lipinski definition) is 4. The molecule has 1 aliphatic rings. The van der Waals surface area contributed by atoms with Crippen LogP contribution in [0.2, 0.25) is 0 Å². The number of carbonyl (C=O) groups is 1. The predicted molar refractivity (Wildman–Crippen MR) is 97.3 cm³/mol. The summed E-state index contributed by atoms with van der Waals surface area (Å²) in [6, 6.07) is 4.95. The van der Waals surface area contributed by atoms with Crippen molar-refractivity contribution in [2.75, 3.05) is 18.5 Å². The second-order valence-electron chi connectivity index (χ2n) is 7.83. The maximum Gasteiger partial charge on any atom is 0.415 e. The van der Waals surface area contributed by atoms with E-state index in [1.807, 2.05) is 33.0 Å². The Labute approximate surface area is 146 Å². The topological polar surface area (TPSA) is 45.7 Å². The highest BCUT2D eigenvalue weighted by Gasteiger charge is 2.26. The van der Waals surface area contributed by atoms with E-state index in [2.05, 4.69) is 29.8 Å². The molecule has 5 nitrogen and oxygen atoms in total. The molecule has 2 heterocycles. The van der Waals surface area contributed by atoms with Crippen LogP contribution in [0.15, 0.2) is 18.3 Å². The van der Waals surface area contributed by atoms with Gasteiger partial charge in [0.1, 0.15) is 11.4 Å². The van der Waals surface area contributed by atoms with Crippen LogP contribution in [0.25, 0.3) is 0 Å². The van der Waals surface area contributed by atoms with Gasteiger partial charge in [-0.25, -0.2) is 9.78 Å². The smallest absolute Gasteiger partial charge is 0.415 e. The Morgan fingerprint density at radius 3 is 2.58 bits per heavy atom. The normalized spacial score (nSPS) is 19.4. The van der Waals surface area contributed by atoms with Crippen LogP contribution >= 0.6 is 0 Å². The summed E-state index contributed by atoms with van der Waals surface area (Å²) in [6.45, 7) is 11.2. The van der Waals surface area contributed by atoms with E-state index in [1.165, 1.54) is 29.7 Å². The Bertz CT molecular complexity index is 549. The minimum Gasteiger partial charge on any atom is -0.443 e. The number of aromatic nitrogens is 1. The zero-order valence-corrected chi connectivity index (χ0v) is 15.9. The van der Waals surface area contributed by atoms with Crippen molar-refractivity contribution in [3.63, 3.8) is 0 Å². The molecule has 0 aliphatic carbocycles. The first-order chi connectivity index (χ1) is 11.2. The van der Waals surface area contributed by atoms with Gasteiger partial charge in [0.15, 0.2) is 0 Å².